The van der Waals surface area contributed by atoms with E-state index >= 15 is 0 Å². The zero-order chi connectivity index (χ0) is 27.7. The highest BCUT2D eigenvalue weighted by atomic mass is 35.5. The summed E-state index contributed by atoms with van der Waals surface area (Å²) in [7, 11) is 0. The minimum atomic E-state index is -0.762. The van der Waals surface area contributed by atoms with E-state index in [2.05, 4.69) is 4.90 Å². The first-order chi connectivity index (χ1) is 18.7. The van der Waals surface area contributed by atoms with Crippen molar-refractivity contribution in [2.75, 3.05) is 27.8 Å². The lowest BCUT2D eigenvalue weighted by Crippen LogP contribution is -2.47. The quantitative estimate of drug-likeness (QED) is 0.414. The molecule has 8 heteroatoms. The van der Waals surface area contributed by atoms with Crippen molar-refractivity contribution in [2.24, 2.45) is 5.92 Å². The van der Waals surface area contributed by atoms with Gasteiger partial charge in [-0.15, -0.1) is 0 Å². The fourth-order valence-electron chi connectivity index (χ4n) is 5.89. The molecule has 3 aromatic rings. The van der Waals surface area contributed by atoms with Crippen LogP contribution < -0.4 is 14.7 Å². The third-order valence-corrected chi connectivity index (χ3v) is 8.04. The van der Waals surface area contributed by atoms with Gasteiger partial charge in [0.05, 0.1) is 12.0 Å². The summed E-state index contributed by atoms with van der Waals surface area (Å²) in [4.78, 5) is 43.9. The van der Waals surface area contributed by atoms with Crippen LogP contribution in [0.4, 0.5) is 17.1 Å². The molecule has 0 saturated carbocycles. The summed E-state index contributed by atoms with van der Waals surface area (Å²) in [5.41, 5.74) is 3.95. The number of carboxylic acids is 1. The Bertz CT molecular complexity index is 1380. The maximum atomic E-state index is 13.9. The molecule has 5 rings (SSSR count). The van der Waals surface area contributed by atoms with Crippen LogP contribution in [0.3, 0.4) is 0 Å². The molecule has 1 saturated heterocycles. The van der Waals surface area contributed by atoms with Crippen molar-refractivity contribution in [3.8, 4) is 0 Å². The lowest BCUT2D eigenvalue weighted by molar-refractivity contribution is -0.142. The monoisotopic (exact) mass is 545 g/mol. The highest BCUT2D eigenvalue weighted by Gasteiger charge is 2.38. The van der Waals surface area contributed by atoms with Crippen LogP contribution in [0.25, 0.3) is 0 Å². The van der Waals surface area contributed by atoms with Gasteiger partial charge in [0.2, 0.25) is 5.91 Å². The van der Waals surface area contributed by atoms with E-state index in [-0.39, 0.29) is 29.8 Å². The minimum Gasteiger partial charge on any atom is -0.481 e. The summed E-state index contributed by atoms with van der Waals surface area (Å²) in [6, 6.07) is 22.0. The summed E-state index contributed by atoms with van der Waals surface area (Å²) >= 11 is 6.10. The van der Waals surface area contributed by atoms with Crippen LogP contribution in [0, 0.1) is 5.92 Å². The largest absolute Gasteiger partial charge is 0.481 e. The van der Waals surface area contributed by atoms with Crippen LogP contribution in [0.15, 0.2) is 72.8 Å². The van der Waals surface area contributed by atoms with Crippen molar-refractivity contribution >= 4 is 46.4 Å². The van der Waals surface area contributed by atoms with E-state index in [1.54, 1.807) is 24.0 Å². The summed E-state index contributed by atoms with van der Waals surface area (Å²) < 4.78 is 0. The number of amides is 2. The van der Waals surface area contributed by atoms with Crippen molar-refractivity contribution in [1.29, 1.82) is 0 Å². The average molecular weight is 546 g/mol. The molecule has 202 valence electrons. The average Bonchev–Trinajstić information content (AvgIpc) is 2.94. The molecule has 1 N–H and O–H groups in total. The Labute approximate surface area is 233 Å². The topological polar surface area (TPSA) is 81.2 Å². The van der Waals surface area contributed by atoms with Gasteiger partial charge in [0.1, 0.15) is 0 Å². The number of carbonyl (C=O) groups excluding carboxylic acids is 2. The number of hydrogen-bond acceptors (Lipinski definition) is 4. The number of fused-ring (bicyclic) bond motifs is 1. The van der Waals surface area contributed by atoms with E-state index in [9.17, 15) is 19.5 Å². The molecule has 0 aromatic heterocycles. The highest BCUT2D eigenvalue weighted by Crippen LogP contribution is 2.43. The van der Waals surface area contributed by atoms with Gasteiger partial charge in [-0.25, -0.2) is 0 Å². The van der Waals surface area contributed by atoms with Gasteiger partial charge in [0, 0.05) is 53.7 Å². The number of rotatable bonds is 5. The summed E-state index contributed by atoms with van der Waals surface area (Å²) in [6.45, 7) is 4.84. The van der Waals surface area contributed by atoms with Gasteiger partial charge < -0.3 is 19.8 Å². The number of benzene rings is 3. The number of carbonyl (C=O) groups is 3. The van der Waals surface area contributed by atoms with Gasteiger partial charge in [0.25, 0.3) is 5.91 Å². The normalized spacial score (nSPS) is 20.7. The number of aliphatic carboxylic acids is 1. The molecular formula is C31H32ClN3O4. The minimum absolute atomic E-state index is 0.0810. The Hall–Kier alpha value is -3.84. The van der Waals surface area contributed by atoms with Crippen molar-refractivity contribution in [1.82, 2.24) is 0 Å². The number of para-hydroxylation sites is 1. The number of nitrogens with zero attached hydrogens (tertiary/aromatic N) is 3. The Kier molecular flexibility index (Phi) is 7.62. The standard InChI is InChI=1S/C31H32ClN3O4/c1-20-18-29(35(21(2)36)26-15-11-24(32)12-16-26)27-7-3-4-8-28(27)34(20)30(37)22-9-13-25(14-10-22)33-17-5-6-23(19-33)31(38)39/h3-4,7-16,20,23,29H,5-6,17-19H2,1-2H3,(H,38,39). The van der Waals surface area contributed by atoms with E-state index in [0.29, 0.717) is 30.0 Å². The second-order valence-electron chi connectivity index (χ2n) is 10.4. The molecule has 7 nitrogen and oxygen atoms in total. The second kappa shape index (κ2) is 11.1. The van der Waals surface area contributed by atoms with Gasteiger partial charge in [-0.3, -0.25) is 14.4 Å². The van der Waals surface area contributed by atoms with Gasteiger partial charge >= 0.3 is 5.97 Å². The molecule has 39 heavy (non-hydrogen) atoms. The summed E-state index contributed by atoms with van der Waals surface area (Å²) in [5.74, 6) is -1.33. The Morgan fingerprint density at radius 1 is 0.974 bits per heavy atom. The first-order valence-electron chi connectivity index (χ1n) is 13.3. The molecule has 3 atom stereocenters. The molecule has 3 aromatic carbocycles. The van der Waals surface area contributed by atoms with Gasteiger partial charge in [-0.05, 0) is 86.3 Å². The Balaban J connectivity index is 1.42. The lowest BCUT2D eigenvalue weighted by atomic mass is 9.89. The Morgan fingerprint density at radius 3 is 2.33 bits per heavy atom. The van der Waals surface area contributed by atoms with E-state index in [4.69, 9.17) is 11.6 Å². The lowest BCUT2D eigenvalue weighted by Gasteiger charge is -2.43. The molecule has 0 aliphatic carbocycles. The maximum absolute atomic E-state index is 13.9. The maximum Gasteiger partial charge on any atom is 0.308 e. The predicted octanol–water partition coefficient (Wildman–Crippen LogP) is 6.17. The van der Waals surface area contributed by atoms with E-state index < -0.39 is 5.97 Å². The zero-order valence-corrected chi connectivity index (χ0v) is 22.8. The molecule has 2 aliphatic heterocycles. The van der Waals surface area contributed by atoms with Crippen LogP contribution in [-0.2, 0) is 9.59 Å². The van der Waals surface area contributed by atoms with Gasteiger partial charge in [-0.2, -0.15) is 0 Å². The molecule has 2 amide bonds. The van der Waals surface area contributed by atoms with Crippen LogP contribution in [0.1, 0.15) is 55.1 Å². The van der Waals surface area contributed by atoms with Gasteiger partial charge in [0.15, 0.2) is 0 Å². The van der Waals surface area contributed by atoms with Crippen molar-refractivity contribution in [3.05, 3.63) is 88.9 Å². The second-order valence-corrected chi connectivity index (χ2v) is 10.8. The molecule has 0 spiro atoms. The van der Waals surface area contributed by atoms with E-state index in [1.807, 2.05) is 72.5 Å². The number of hydrogen-bond donors (Lipinski definition) is 1. The number of carboxylic acid groups (broad SMARTS) is 1. The van der Waals surface area contributed by atoms with E-state index in [0.717, 1.165) is 35.6 Å². The molecule has 2 aliphatic rings. The van der Waals surface area contributed by atoms with Crippen LogP contribution >= 0.6 is 11.6 Å². The fourth-order valence-corrected chi connectivity index (χ4v) is 6.01. The molecule has 2 heterocycles. The van der Waals surface area contributed by atoms with Crippen molar-refractivity contribution in [2.45, 2.75) is 45.2 Å². The van der Waals surface area contributed by atoms with Crippen LogP contribution in [0.5, 0.6) is 0 Å². The zero-order valence-electron chi connectivity index (χ0n) is 22.1. The van der Waals surface area contributed by atoms with Crippen LogP contribution in [0.2, 0.25) is 5.02 Å². The Morgan fingerprint density at radius 2 is 1.67 bits per heavy atom. The molecule has 0 radical (unpaired) electrons. The SMILES string of the molecule is CC(=O)N(c1ccc(Cl)cc1)C1CC(C)N(C(=O)c2ccc(N3CCCC(C(=O)O)C3)cc2)c2ccccc21. The number of halogens is 1. The molecule has 0 bridgehead atoms. The fraction of sp³-hybridized carbons (Fsp3) is 0.323. The molecular weight excluding hydrogens is 514 g/mol. The summed E-state index contributed by atoms with van der Waals surface area (Å²) in [6.07, 6.45) is 2.09. The molecule has 1 fully saturated rings. The molecule has 3 unspecified atom stereocenters. The van der Waals surface area contributed by atoms with Crippen LogP contribution in [-0.4, -0.2) is 42.0 Å². The first kappa shape index (κ1) is 26.8. The van der Waals surface area contributed by atoms with Gasteiger partial charge in [-0.1, -0.05) is 29.8 Å². The predicted molar refractivity (Wildman–Crippen MR) is 154 cm³/mol. The smallest absolute Gasteiger partial charge is 0.308 e. The van der Waals surface area contributed by atoms with Crippen molar-refractivity contribution in [3.63, 3.8) is 0 Å². The number of anilines is 3. The summed E-state index contributed by atoms with van der Waals surface area (Å²) in [5, 5.41) is 10.0. The highest BCUT2D eigenvalue weighted by molar-refractivity contribution is 6.30. The third kappa shape index (κ3) is 5.36. The van der Waals surface area contributed by atoms with Crippen molar-refractivity contribution < 1.29 is 19.5 Å². The third-order valence-electron chi connectivity index (χ3n) is 7.78. The number of piperidine rings is 1. The van der Waals surface area contributed by atoms with E-state index in [1.165, 1.54) is 0 Å². The first-order valence-corrected chi connectivity index (χ1v) is 13.7.